The summed E-state index contributed by atoms with van der Waals surface area (Å²) in [6.45, 7) is 2.38. The van der Waals surface area contributed by atoms with Gasteiger partial charge in [-0.25, -0.2) is 17.9 Å². The quantitative estimate of drug-likeness (QED) is 0.595. The van der Waals surface area contributed by atoms with E-state index in [0.717, 1.165) is 19.3 Å². The lowest BCUT2D eigenvalue weighted by molar-refractivity contribution is 0.479. The van der Waals surface area contributed by atoms with Crippen LogP contribution in [0.4, 0.5) is 4.39 Å². The van der Waals surface area contributed by atoms with Crippen LogP contribution in [-0.4, -0.2) is 32.2 Å². The zero-order valence-corrected chi connectivity index (χ0v) is 14.5. The third-order valence-electron chi connectivity index (χ3n) is 4.58. The van der Waals surface area contributed by atoms with Gasteiger partial charge in [0.05, 0.1) is 15.5 Å². The number of halogens is 2. The number of amidine groups is 1. The molecule has 1 N–H and O–H groups in total. The van der Waals surface area contributed by atoms with Gasteiger partial charge in [-0.1, -0.05) is 0 Å². The molecule has 1 fully saturated rings. The number of nitrogens with zero attached hydrogens (tertiary/aromatic N) is 3. The third-order valence-corrected chi connectivity index (χ3v) is 8.16. The van der Waals surface area contributed by atoms with E-state index in [0.29, 0.717) is 17.0 Å². The monoisotopic (exact) mass is 386 g/mol. The third kappa shape index (κ3) is 1.89. The Hall–Kier alpha value is -1.02. The molecular weight excluding hydrogens is 371 g/mol. The van der Waals surface area contributed by atoms with Gasteiger partial charge in [0.15, 0.2) is 4.87 Å². The molecule has 1 aromatic heterocycles. The summed E-state index contributed by atoms with van der Waals surface area (Å²) in [5, 5.41) is 3.20. The van der Waals surface area contributed by atoms with Crippen LogP contribution in [0.5, 0.6) is 0 Å². The fourth-order valence-electron chi connectivity index (χ4n) is 3.40. The lowest BCUT2D eigenvalue weighted by atomic mass is 9.99. The fourth-order valence-corrected chi connectivity index (χ4v) is 6.73. The van der Waals surface area contributed by atoms with Crippen molar-refractivity contribution in [1.29, 1.82) is 0 Å². The molecule has 3 aliphatic heterocycles. The average molecular weight is 387 g/mol. The molecule has 3 atom stereocenters. The van der Waals surface area contributed by atoms with Crippen molar-refractivity contribution >= 4 is 31.5 Å². The minimum atomic E-state index is -2.52. The number of hydrogen-bond donors (Lipinski definition) is 1. The molecule has 0 aliphatic carbocycles. The SMILES string of the molecule is CC1(c2nc(Br)ccc2F)CS2(=O)=NCCCCC23NC3=N1. The topological polar surface area (TPSA) is 76.6 Å². The highest BCUT2D eigenvalue weighted by molar-refractivity contribution is 9.10. The molecule has 0 saturated carbocycles. The summed E-state index contributed by atoms with van der Waals surface area (Å²) in [7, 11) is -2.52. The van der Waals surface area contributed by atoms with E-state index < -0.39 is 26.0 Å². The Morgan fingerprint density at radius 2 is 2.23 bits per heavy atom. The van der Waals surface area contributed by atoms with E-state index in [1.807, 2.05) is 0 Å². The molecule has 0 amide bonds. The van der Waals surface area contributed by atoms with Gasteiger partial charge in [0, 0.05) is 6.54 Å². The van der Waals surface area contributed by atoms with E-state index in [-0.39, 0.29) is 11.4 Å². The van der Waals surface area contributed by atoms with Crippen LogP contribution in [0, 0.1) is 5.82 Å². The second kappa shape index (κ2) is 4.50. The largest absolute Gasteiger partial charge is 0.347 e. The maximum atomic E-state index is 14.3. The first-order chi connectivity index (χ1) is 10.4. The molecule has 8 heteroatoms. The van der Waals surface area contributed by atoms with Crippen molar-refractivity contribution in [1.82, 2.24) is 10.3 Å². The van der Waals surface area contributed by atoms with E-state index in [9.17, 15) is 8.60 Å². The van der Waals surface area contributed by atoms with Crippen molar-refractivity contribution in [2.24, 2.45) is 9.36 Å². The van der Waals surface area contributed by atoms with Crippen LogP contribution in [-0.2, 0) is 15.3 Å². The van der Waals surface area contributed by atoms with E-state index in [2.05, 4.69) is 35.6 Å². The summed E-state index contributed by atoms with van der Waals surface area (Å²) in [5.74, 6) is 0.481. The fraction of sp³-hybridized carbons (Fsp3) is 0.571. The number of nitrogens with one attached hydrogen (secondary N) is 1. The number of aliphatic imine (C=N–C) groups is 1. The van der Waals surface area contributed by atoms with Crippen LogP contribution in [0.15, 0.2) is 26.1 Å². The highest BCUT2D eigenvalue weighted by atomic mass is 79.9. The highest BCUT2D eigenvalue weighted by Crippen LogP contribution is 2.47. The lowest BCUT2D eigenvalue weighted by Crippen LogP contribution is -2.43. The molecule has 1 saturated heterocycles. The highest BCUT2D eigenvalue weighted by Gasteiger charge is 2.64. The number of rotatable bonds is 1. The second-order valence-corrected chi connectivity index (χ2v) is 9.58. The van der Waals surface area contributed by atoms with Crippen molar-refractivity contribution < 1.29 is 8.60 Å². The van der Waals surface area contributed by atoms with Crippen molar-refractivity contribution in [2.75, 3.05) is 12.3 Å². The Labute approximate surface area is 137 Å². The van der Waals surface area contributed by atoms with Gasteiger partial charge in [-0.3, -0.25) is 4.99 Å². The predicted octanol–water partition coefficient (Wildman–Crippen LogP) is 2.56. The molecule has 1 spiro atoms. The van der Waals surface area contributed by atoms with Crippen LogP contribution in [0.25, 0.3) is 0 Å². The van der Waals surface area contributed by atoms with E-state index >= 15 is 0 Å². The number of pyridine rings is 1. The van der Waals surface area contributed by atoms with Gasteiger partial charge < -0.3 is 5.32 Å². The van der Waals surface area contributed by atoms with Gasteiger partial charge in [-0.2, -0.15) is 0 Å². The van der Waals surface area contributed by atoms with Crippen LogP contribution in [0.3, 0.4) is 0 Å². The van der Waals surface area contributed by atoms with Crippen LogP contribution >= 0.6 is 15.9 Å². The van der Waals surface area contributed by atoms with Crippen LogP contribution < -0.4 is 5.32 Å². The Kier molecular flexibility index (Phi) is 2.98. The smallest absolute Gasteiger partial charge is 0.180 e. The molecule has 5 nitrogen and oxygen atoms in total. The summed E-state index contributed by atoms with van der Waals surface area (Å²) >= 11 is 3.27. The van der Waals surface area contributed by atoms with Crippen molar-refractivity contribution in [3.05, 3.63) is 28.2 Å². The normalized spacial score (nSPS) is 39.5. The van der Waals surface area contributed by atoms with E-state index in [1.165, 1.54) is 6.07 Å². The molecule has 4 rings (SSSR count). The first kappa shape index (κ1) is 14.6. The summed E-state index contributed by atoms with van der Waals surface area (Å²) in [6, 6.07) is 2.91. The van der Waals surface area contributed by atoms with Crippen LogP contribution in [0.1, 0.15) is 31.9 Å². The minimum absolute atomic E-state index is 0.205. The first-order valence-corrected chi connectivity index (χ1v) is 9.78. The Balaban J connectivity index is 1.89. The summed E-state index contributed by atoms with van der Waals surface area (Å²) in [4.78, 5) is 8.35. The summed E-state index contributed by atoms with van der Waals surface area (Å²) in [6.07, 6.45) is 2.71. The lowest BCUT2D eigenvalue weighted by Gasteiger charge is -2.31. The van der Waals surface area contributed by atoms with Crippen molar-refractivity contribution in [3.8, 4) is 0 Å². The van der Waals surface area contributed by atoms with Crippen molar-refractivity contribution in [2.45, 2.75) is 36.6 Å². The van der Waals surface area contributed by atoms with Gasteiger partial charge in [0.1, 0.15) is 27.5 Å². The van der Waals surface area contributed by atoms with Gasteiger partial charge in [0.25, 0.3) is 0 Å². The maximum absolute atomic E-state index is 14.3. The van der Waals surface area contributed by atoms with Crippen molar-refractivity contribution in [3.63, 3.8) is 0 Å². The minimum Gasteiger partial charge on any atom is -0.347 e. The Morgan fingerprint density at radius 1 is 1.41 bits per heavy atom. The van der Waals surface area contributed by atoms with Crippen LogP contribution in [0.2, 0.25) is 0 Å². The predicted molar refractivity (Wildman–Crippen MR) is 86.7 cm³/mol. The maximum Gasteiger partial charge on any atom is 0.180 e. The molecular formula is C14H16BrFN4OS. The Morgan fingerprint density at radius 3 is 3.05 bits per heavy atom. The molecule has 3 unspecified atom stereocenters. The Bertz CT molecular complexity index is 819. The number of aromatic nitrogens is 1. The zero-order valence-electron chi connectivity index (χ0n) is 12.1. The molecule has 0 aromatic carbocycles. The molecule has 22 heavy (non-hydrogen) atoms. The molecule has 4 heterocycles. The van der Waals surface area contributed by atoms with Gasteiger partial charge >= 0.3 is 0 Å². The molecule has 0 radical (unpaired) electrons. The summed E-state index contributed by atoms with van der Waals surface area (Å²) < 4.78 is 32.8. The molecule has 118 valence electrons. The average Bonchev–Trinajstić information content (AvgIpc) is 3.17. The van der Waals surface area contributed by atoms with Gasteiger partial charge in [-0.05, 0) is 54.2 Å². The second-order valence-electron chi connectivity index (χ2n) is 6.25. The zero-order chi connectivity index (χ0) is 15.6. The molecule has 3 aliphatic rings. The first-order valence-electron chi connectivity index (χ1n) is 7.30. The van der Waals surface area contributed by atoms with Gasteiger partial charge in [-0.15, -0.1) is 0 Å². The molecule has 0 bridgehead atoms. The standard InChI is InChI=1S/C14H16BrFN4OS/c1-13(11-9(16)4-5-10(15)18-11)8-22(21)14(12(19-13)20-14)6-2-3-7-17-22/h4-5H,2-3,6-8H2,1H3,(H,19,20). The molecule has 1 aromatic rings. The van der Waals surface area contributed by atoms with Gasteiger partial charge in [0.2, 0.25) is 0 Å². The number of hydrogen-bond acceptors (Lipinski definition) is 5. The van der Waals surface area contributed by atoms with E-state index in [1.54, 1.807) is 13.0 Å². The summed E-state index contributed by atoms with van der Waals surface area (Å²) in [5.41, 5.74) is -0.736. The van der Waals surface area contributed by atoms with E-state index in [4.69, 9.17) is 0 Å².